The maximum Gasteiger partial charge on any atom is 0.335 e. The number of carboxylic acid groups (broad SMARTS) is 1. The average Bonchev–Trinajstić information content (AvgIpc) is 2.92. The molecule has 0 saturated carbocycles. The molecule has 1 heterocycles. The Morgan fingerprint density at radius 1 is 1.38 bits per heavy atom. The minimum Gasteiger partial charge on any atom is -0.478 e. The molecule has 21 heavy (non-hydrogen) atoms. The van der Waals surface area contributed by atoms with Crippen molar-refractivity contribution >= 4 is 27.6 Å². The fourth-order valence-corrected chi connectivity index (χ4v) is 3.47. The molecule has 0 aliphatic heterocycles. The number of carbonyl (C=O) groups is 1. The standard InChI is InChI=1S/C13H12ClNO5S/c1-8(11-3-2-6-20-11)15-21(18,19)12-7-9(13(16)17)4-5-10(12)14/h2-8,15H,1H3,(H,16,17)/t8-/m0/s1. The van der Waals surface area contributed by atoms with Gasteiger partial charge in [-0.1, -0.05) is 11.6 Å². The molecule has 2 rings (SSSR count). The predicted octanol–water partition coefficient (Wildman–Crippen LogP) is 2.67. The summed E-state index contributed by atoms with van der Waals surface area (Å²) in [6, 6.07) is 6.13. The van der Waals surface area contributed by atoms with Gasteiger partial charge in [0, 0.05) is 0 Å². The van der Waals surface area contributed by atoms with E-state index < -0.39 is 22.0 Å². The maximum atomic E-state index is 12.3. The molecular formula is C13H12ClNO5S. The Morgan fingerprint density at radius 2 is 2.10 bits per heavy atom. The van der Waals surface area contributed by atoms with Gasteiger partial charge >= 0.3 is 5.97 Å². The van der Waals surface area contributed by atoms with Gasteiger partial charge in [-0.3, -0.25) is 0 Å². The van der Waals surface area contributed by atoms with E-state index in [4.69, 9.17) is 21.1 Å². The van der Waals surface area contributed by atoms with Gasteiger partial charge in [-0.15, -0.1) is 0 Å². The zero-order valence-electron chi connectivity index (χ0n) is 10.9. The van der Waals surface area contributed by atoms with E-state index in [1.54, 1.807) is 19.1 Å². The second-order valence-electron chi connectivity index (χ2n) is 4.31. The number of carboxylic acids is 1. The van der Waals surface area contributed by atoms with E-state index in [1.165, 1.54) is 18.4 Å². The van der Waals surface area contributed by atoms with Crippen LogP contribution in [0.3, 0.4) is 0 Å². The van der Waals surface area contributed by atoms with E-state index in [0.717, 1.165) is 6.07 Å². The van der Waals surface area contributed by atoms with Crippen molar-refractivity contribution in [3.63, 3.8) is 0 Å². The lowest BCUT2D eigenvalue weighted by molar-refractivity contribution is 0.0696. The molecule has 0 aliphatic carbocycles. The minimum atomic E-state index is -3.98. The SMILES string of the molecule is C[C@H](NS(=O)(=O)c1cc(C(=O)O)ccc1Cl)c1ccco1. The lowest BCUT2D eigenvalue weighted by Crippen LogP contribution is -2.27. The summed E-state index contributed by atoms with van der Waals surface area (Å²) in [6.45, 7) is 1.60. The van der Waals surface area contributed by atoms with Crippen molar-refractivity contribution in [1.82, 2.24) is 4.72 Å². The molecule has 0 aliphatic rings. The Labute approximate surface area is 126 Å². The molecule has 0 spiro atoms. The van der Waals surface area contributed by atoms with E-state index in [0.29, 0.717) is 5.76 Å². The monoisotopic (exact) mass is 329 g/mol. The van der Waals surface area contributed by atoms with Crippen molar-refractivity contribution in [1.29, 1.82) is 0 Å². The van der Waals surface area contributed by atoms with Gasteiger partial charge in [0.05, 0.1) is 22.9 Å². The molecule has 2 N–H and O–H groups in total. The van der Waals surface area contributed by atoms with E-state index >= 15 is 0 Å². The lowest BCUT2D eigenvalue weighted by atomic mass is 10.2. The van der Waals surface area contributed by atoms with E-state index in [2.05, 4.69) is 4.72 Å². The number of sulfonamides is 1. The molecular weight excluding hydrogens is 318 g/mol. The summed E-state index contributed by atoms with van der Waals surface area (Å²) in [5, 5.41) is 8.87. The fourth-order valence-electron chi connectivity index (χ4n) is 1.73. The number of aromatic carboxylic acids is 1. The van der Waals surface area contributed by atoms with Gasteiger partial charge in [0.25, 0.3) is 0 Å². The van der Waals surface area contributed by atoms with Crippen molar-refractivity contribution < 1.29 is 22.7 Å². The van der Waals surface area contributed by atoms with Gasteiger partial charge in [0.1, 0.15) is 10.7 Å². The highest BCUT2D eigenvalue weighted by atomic mass is 35.5. The smallest absolute Gasteiger partial charge is 0.335 e. The van der Waals surface area contributed by atoms with Gasteiger partial charge in [-0.25, -0.2) is 17.9 Å². The highest BCUT2D eigenvalue weighted by Gasteiger charge is 2.23. The fraction of sp³-hybridized carbons (Fsp3) is 0.154. The molecule has 0 saturated heterocycles. The molecule has 1 aromatic carbocycles. The third-order valence-corrected chi connectivity index (χ3v) is 4.79. The Kier molecular flexibility index (Phi) is 4.36. The molecule has 1 atom stereocenters. The minimum absolute atomic E-state index is 0.0563. The summed E-state index contributed by atoms with van der Waals surface area (Å²) in [5.41, 5.74) is -0.162. The highest BCUT2D eigenvalue weighted by Crippen LogP contribution is 2.25. The normalized spacial score (nSPS) is 13.0. The lowest BCUT2D eigenvalue weighted by Gasteiger charge is -2.13. The third-order valence-electron chi connectivity index (χ3n) is 2.77. The van der Waals surface area contributed by atoms with Crippen molar-refractivity contribution in [3.05, 3.63) is 52.9 Å². The highest BCUT2D eigenvalue weighted by molar-refractivity contribution is 7.89. The number of hydrogen-bond acceptors (Lipinski definition) is 4. The third kappa shape index (κ3) is 3.44. The summed E-state index contributed by atoms with van der Waals surface area (Å²) < 4.78 is 32.1. The first-order chi connectivity index (χ1) is 9.81. The first-order valence-electron chi connectivity index (χ1n) is 5.90. The number of hydrogen-bond donors (Lipinski definition) is 2. The summed E-state index contributed by atoms with van der Waals surface area (Å²) in [5.74, 6) is -0.800. The first kappa shape index (κ1) is 15.6. The predicted molar refractivity (Wildman–Crippen MR) is 75.9 cm³/mol. The van der Waals surface area contributed by atoms with Gasteiger partial charge in [-0.2, -0.15) is 0 Å². The topological polar surface area (TPSA) is 96.6 Å². The molecule has 0 fully saturated rings. The summed E-state index contributed by atoms with van der Waals surface area (Å²) in [6.07, 6.45) is 1.43. The maximum absolute atomic E-state index is 12.3. The Bertz CT molecular complexity index is 755. The second-order valence-corrected chi connectivity index (χ2v) is 6.40. The summed E-state index contributed by atoms with van der Waals surface area (Å²) in [4.78, 5) is 10.6. The van der Waals surface area contributed by atoms with Crippen molar-refractivity contribution in [2.75, 3.05) is 0 Å². The molecule has 6 nitrogen and oxygen atoms in total. The van der Waals surface area contributed by atoms with Crippen LogP contribution in [0.2, 0.25) is 5.02 Å². The van der Waals surface area contributed by atoms with Crippen LogP contribution in [0.25, 0.3) is 0 Å². The largest absolute Gasteiger partial charge is 0.478 e. The van der Waals surface area contributed by atoms with Gasteiger partial charge in [-0.05, 0) is 37.3 Å². The molecule has 112 valence electrons. The van der Waals surface area contributed by atoms with Gasteiger partial charge in [0.15, 0.2) is 0 Å². The second kappa shape index (κ2) is 5.88. The Hall–Kier alpha value is -1.83. The molecule has 1 aromatic heterocycles. The van der Waals surface area contributed by atoms with Crippen LogP contribution in [-0.2, 0) is 10.0 Å². The Morgan fingerprint density at radius 3 is 2.67 bits per heavy atom. The number of benzene rings is 1. The van der Waals surface area contributed by atoms with Crippen molar-refractivity contribution in [2.24, 2.45) is 0 Å². The van der Waals surface area contributed by atoms with E-state index in [9.17, 15) is 13.2 Å². The van der Waals surface area contributed by atoms with Crippen LogP contribution in [0.1, 0.15) is 29.1 Å². The van der Waals surface area contributed by atoms with Crippen molar-refractivity contribution in [3.8, 4) is 0 Å². The van der Waals surface area contributed by atoms with Crippen LogP contribution >= 0.6 is 11.6 Å². The molecule has 0 amide bonds. The van der Waals surface area contributed by atoms with Crippen LogP contribution < -0.4 is 4.72 Å². The van der Waals surface area contributed by atoms with Crippen LogP contribution in [0.4, 0.5) is 0 Å². The number of furan rings is 1. The molecule has 2 aromatic rings. The average molecular weight is 330 g/mol. The zero-order valence-corrected chi connectivity index (χ0v) is 12.5. The first-order valence-corrected chi connectivity index (χ1v) is 7.76. The molecule has 0 unspecified atom stereocenters. The van der Waals surface area contributed by atoms with E-state index in [-0.39, 0.29) is 15.5 Å². The van der Waals surface area contributed by atoms with Crippen LogP contribution in [0.15, 0.2) is 45.9 Å². The summed E-state index contributed by atoms with van der Waals surface area (Å²) >= 11 is 5.86. The van der Waals surface area contributed by atoms with Crippen LogP contribution in [0.5, 0.6) is 0 Å². The molecule has 0 radical (unpaired) electrons. The van der Waals surface area contributed by atoms with Crippen molar-refractivity contribution in [2.45, 2.75) is 17.9 Å². The van der Waals surface area contributed by atoms with Gasteiger partial charge < -0.3 is 9.52 Å². The quantitative estimate of drug-likeness (QED) is 0.879. The van der Waals surface area contributed by atoms with E-state index in [1.807, 2.05) is 0 Å². The van der Waals surface area contributed by atoms with Crippen LogP contribution in [0, 0.1) is 0 Å². The molecule has 0 bridgehead atoms. The molecule has 8 heteroatoms. The summed E-state index contributed by atoms with van der Waals surface area (Å²) in [7, 11) is -3.98. The number of nitrogens with one attached hydrogen (secondary N) is 1. The Balaban J connectivity index is 2.35. The van der Waals surface area contributed by atoms with Gasteiger partial charge in [0.2, 0.25) is 10.0 Å². The number of rotatable bonds is 5. The number of halogens is 1. The zero-order chi connectivity index (χ0) is 15.6. The van der Waals surface area contributed by atoms with Crippen LogP contribution in [-0.4, -0.2) is 19.5 Å².